The number of carbonyl (C=O) groups is 2. The van der Waals surface area contributed by atoms with E-state index in [1.165, 1.54) is 0 Å². The maximum atomic E-state index is 12.6. The van der Waals surface area contributed by atoms with Crippen LogP contribution in [0.1, 0.15) is 43.9 Å². The van der Waals surface area contributed by atoms with E-state index in [0.29, 0.717) is 31.8 Å². The van der Waals surface area contributed by atoms with Crippen molar-refractivity contribution in [2.45, 2.75) is 40.2 Å². The number of anilines is 1. The smallest absolute Gasteiger partial charge is 0.410 e. The average Bonchev–Trinajstić information content (AvgIpc) is 3.15. The van der Waals surface area contributed by atoms with Crippen LogP contribution in [0.2, 0.25) is 0 Å². The van der Waals surface area contributed by atoms with Gasteiger partial charge in [-0.2, -0.15) is 5.10 Å². The summed E-state index contributed by atoms with van der Waals surface area (Å²) < 4.78 is 12.5. The van der Waals surface area contributed by atoms with Gasteiger partial charge in [0.2, 0.25) is 0 Å². The minimum absolute atomic E-state index is 0.232. The average molecular weight is 466 g/mol. The van der Waals surface area contributed by atoms with Crippen molar-refractivity contribution in [2.75, 3.05) is 37.7 Å². The van der Waals surface area contributed by atoms with E-state index in [9.17, 15) is 9.59 Å². The van der Waals surface area contributed by atoms with Crippen LogP contribution in [0.15, 0.2) is 36.4 Å². The third-order valence-corrected chi connectivity index (χ3v) is 5.55. The van der Waals surface area contributed by atoms with Gasteiger partial charge in [-0.05, 0) is 52.8 Å². The third-order valence-electron chi connectivity index (χ3n) is 5.55. The molecule has 3 heterocycles. The zero-order chi connectivity index (χ0) is 24.5. The largest absolute Gasteiger partial charge is 0.461 e. The van der Waals surface area contributed by atoms with Gasteiger partial charge < -0.3 is 19.3 Å². The predicted molar refractivity (Wildman–Crippen MR) is 130 cm³/mol. The number of ether oxygens (including phenoxy) is 2. The van der Waals surface area contributed by atoms with Crippen LogP contribution in [0.25, 0.3) is 16.7 Å². The van der Waals surface area contributed by atoms with Gasteiger partial charge in [-0.15, -0.1) is 0 Å². The fourth-order valence-electron chi connectivity index (χ4n) is 4.03. The molecule has 0 atom stereocenters. The third kappa shape index (κ3) is 4.83. The summed E-state index contributed by atoms with van der Waals surface area (Å²) in [6, 6.07) is 11.5. The van der Waals surface area contributed by atoms with E-state index in [1.54, 1.807) is 22.6 Å². The molecule has 180 valence electrons. The first-order chi connectivity index (χ1) is 16.2. The topological polar surface area (TPSA) is 89.8 Å². The molecule has 9 nitrogen and oxygen atoms in total. The highest BCUT2D eigenvalue weighted by atomic mass is 16.6. The van der Waals surface area contributed by atoms with E-state index in [0.717, 1.165) is 22.5 Å². The van der Waals surface area contributed by atoms with Gasteiger partial charge in [0, 0.05) is 26.2 Å². The minimum atomic E-state index is -0.539. The van der Waals surface area contributed by atoms with Crippen LogP contribution >= 0.6 is 0 Å². The van der Waals surface area contributed by atoms with Gasteiger partial charge in [0.25, 0.3) is 0 Å². The number of amides is 1. The van der Waals surface area contributed by atoms with Crippen LogP contribution in [-0.4, -0.2) is 70.1 Å². The van der Waals surface area contributed by atoms with Crippen LogP contribution in [0.4, 0.5) is 10.5 Å². The molecular weight excluding hydrogens is 434 g/mol. The molecule has 0 spiro atoms. The molecule has 3 aromatic rings. The first-order valence-corrected chi connectivity index (χ1v) is 11.5. The Kier molecular flexibility index (Phi) is 6.45. The van der Waals surface area contributed by atoms with Gasteiger partial charge in [0.15, 0.2) is 11.3 Å². The zero-order valence-electron chi connectivity index (χ0n) is 20.4. The Morgan fingerprint density at radius 3 is 2.35 bits per heavy atom. The number of esters is 1. The first kappa shape index (κ1) is 23.5. The molecule has 0 unspecified atom stereocenters. The van der Waals surface area contributed by atoms with Crippen molar-refractivity contribution in [3.8, 4) is 5.69 Å². The summed E-state index contributed by atoms with van der Waals surface area (Å²) in [4.78, 5) is 33.7. The molecule has 4 rings (SSSR count). The van der Waals surface area contributed by atoms with E-state index in [-0.39, 0.29) is 18.4 Å². The first-order valence-electron chi connectivity index (χ1n) is 11.5. The normalized spacial score (nSPS) is 14.4. The monoisotopic (exact) mass is 465 g/mol. The second kappa shape index (κ2) is 9.32. The summed E-state index contributed by atoms with van der Waals surface area (Å²) in [5.41, 5.74) is 2.82. The number of nitrogens with zero attached hydrogens (tertiary/aromatic N) is 5. The molecule has 34 heavy (non-hydrogen) atoms. The number of rotatable bonds is 4. The number of aromatic nitrogens is 3. The fourth-order valence-corrected chi connectivity index (χ4v) is 4.03. The van der Waals surface area contributed by atoms with E-state index in [1.807, 2.05) is 58.0 Å². The van der Waals surface area contributed by atoms with Gasteiger partial charge in [0.05, 0.1) is 29.1 Å². The Labute approximate surface area is 199 Å². The van der Waals surface area contributed by atoms with Crippen LogP contribution in [-0.2, 0) is 9.47 Å². The maximum absolute atomic E-state index is 12.6. The molecule has 0 bridgehead atoms. The Morgan fingerprint density at radius 2 is 1.74 bits per heavy atom. The number of piperazine rings is 1. The Hall–Kier alpha value is -3.62. The van der Waals surface area contributed by atoms with Crippen molar-refractivity contribution in [1.29, 1.82) is 0 Å². The highest BCUT2D eigenvalue weighted by molar-refractivity contribution is 5.98. The number of hydrogen-bond donors (Lipinski definition) is 0. The van der Waals surface area contributed by atoms with E-state index >= 15 is 0 Å². The molecule has 0 radical (unpaired) electrons. The van der Waals surface area contributed by atoms with Crippen LogP contribution in [0.3, 0.4) is 0 Å². The highest BCUT2D eigenvalue weighted by Crippen LogP contribution is 2.32. The molecule has 2 aromatic heterocycles. The summed E-state index contributed by atoms with van der Waals surface area (Å²) in [7, 11) is 0. The standard InChI is InChI=1S/C25H31N5O4/c1-6-33-23(31)19-16-20(28-12-14-29(15-13-28)24(32)34-25(3,4)5)21-17(2)27-30(22(21)26-19)18-10-8-7-9-11-18/h7-11,16H,6,12-15H2,1-5H3. The van der Waals surface area contributed by atoms with Gasteiger partial charge in [0.1, 0.15) is 5.60 Å². The summed E-state index contributed by atoms with van der Waals surface area (Å²) in [6.45, 7) is 11.8. The van der Waals surface area contributed by atoms with Crippen LogP contribution in [0.5, 0.6) is 0 Å². The summed E-state index contributed by atoms with van der Waals surface area (Å²) in [5.74, 6) is -0.475. The number of hydrogen-bond acceptors (Lipinski definition) is 7. The maximum Gasteiger partial charge on any atom is 0.410 e. The predicted octanol–water partition coefficient (Wildman–Crippen LogP) is 3.96. The van der Waals surface area contributed by atoms with Crippen molar-refractivity contribution in [3.63, 3.8) is 0 Å². The summed E-state index contributed by atoms with van der Waals surface area (Å²) in [5, 5.41) is 5.61. The lowest BCUT2D eigenvalue weighted by atomic mass is 10.1. The van der Waals surface area contributed by atoms with Gasteiger partial charge in [-0.3, -0.25) is 0 Å². The molecule has 9 heteroatoms. The molecule has 1 fully saturated rings. The number of benzene rings is 1. The molecule has 1 aliphatic heterocycles. The second-order valence-electron chi connectivity index (χ2n) is 9.23. The molecule has 1 saturated heterocycles. The number of fused-ring (bicyclic) bond motifs is 1. The second-order valence-corrected chi connectivity index (χ2v) is 9.23. The Balaban J connectivity index is 1.72. The van der Waals surface area contributed by atoms with E-state index < -0.39 is 11.6 Å². The molecule has 1 amide bonds. The van der Waals surface area contributed by atoms with Gasteiger partial charge in [-0.25, -0.2) is 19.3 Å². The number of carbonyl (C=O) groups excluding carboxylic acids is 2. The number of para-hydroxylation sites is 1. The number of pyridine rings is 1. The molecule has 1 aromatic carbocycles. The van der Waals surface area contributed by atoms with Crippen LogP contribution in [0, 0.1) is 6.92 Å². The van der Waals surface area contributed by atoms with Crippen LogP contribution < -0.4 is 4.90 Å². The molecule has 0 N–H and O–H groups in total. The fraction of sp³-hybridized carbons (Fsp3) is 0.440. The van der Waals surface area contributed by atoms with Gasteiger partial charge in [-0.1, -0.05) is 18.2 Å². The lowest BCUT2D eigenvalue weighted by Gasteiger charge is -2.37. The van der Waals surface area contributed by atoms with Gasteiger partial charge >= 0.3 is 12.1 Å². The van der Waals surface area contributed by atoms with Crippen molar-refractivity contribution >= 4 is 28.8 Å². The minimum Gasteiger partial charge on any atom is -0.461 e. The van der Waals surface area contributed by atoms with Crippen molar-refractivity contribution in [1.82, 2.24) is 19.7 Å². The Morgan fingerprint density at radius 1 is 1.06 bits per heavy atom. The summed E-state index contributed by atoms with van der Waals surface area (Å²) >= 11 is 0. The SMILES string of the molecule is CCOC(=O)c1cc(N2CCN(C(=O)OC(C)(C)C)CC2)c2c(C)nn(-c3ccccc3)c2n1. The van der Waals surface area contributed by atoms with E-state index in [2.05, 4.69) is 9.88 Å². The lowest BCUT2D eigenvalue weighted by molar-refractivity contribution is 0.0240. The number of aryl methyl sites for hydroxylation is 1. The molecule has 1 aliphatic rings. The molecule has 0 aliphatic carbocycles. The quantitative estimate of drug-likeness (QED) is 0.539. The van der Waals surface area contributed by atoms with E-state index in [4.69, 9.17) is 14.6 Å². The lowest BCUT2D eigenvalue weighted by Crippen LogP contribution is -2.50. The molecular formula is C25H31N5O4. The highest BCUT2D eigenvalue weighted by Gasteiger charge is 2.28. The van der Waals surface area contributed by atoms with Crippen molar-refractivity contribution in [2.24, 2.45) is 0 Å². The Bertz CT molecular complexity index is 1190. The van der Waals surface area contributed by atoms with Crippen molar-refractivity contribution in [3.05, 3.63) is 47.8 Å². The summed E-state index contributed by atoms with van der Waals surface area (Å²) in [6.07, 6.45) is -0.313. The molecule has 0 saturated carbocycles. The van der Waals surface area contributed by atoms with Crippen molar-refractivity contribution < 1.29 is 19.1 Å². The zero-order valence-corrected chi connectivity index (χ0v) is 20.4.